The first kappa shape index (κ1) is 14.1. The molecule has 0 nitrogen and oxygen atoms in total. The van der Waals surface area contributed by atoms with Crippen molar-refractivity contribution >= 4 is 112 Å². The molecule has 0 aromatic carbocycles. The Kier molecular flexibility index (Phi) is 6.74. The van der Waals surface area contributed by atoms with Crippen LogP contribution in [0.4, 0.5) is 0 Å². The molecule has 0 saturated heterocycles. The lowest BCUT2D eigenvalue weighted by Crippen LogP contribution is -2.03. The van der Waals surface area contributed by atoms with Crippen molar-refractivity contribution in [2.75, 3.05) is 0 Å². The SMILES string of the molecule is BrC(=CC(Br)(Br)Br)C(Br)(Br)Br. The van der Waals surface area contributed by atoms with Gasteiger partial charge in [0.05, 0.1) is 0 Å². The van der Waals surface area contributed by atoms with E-state index in [2.05, 4.69) is 112 Å². The van der Waals surface area contributed by atoms with E-state index in [0.29, 0.717) is 0 Å². The van der Waals surface area contributed by atoms with Crippen LogP contribution in [0.5, 0.6) is 0 Å². The minimum Gasteiger partial charge on any atom is -0.0552 e. The highest BCUT2D eigenvalue weighted by Crippen LogP contribution is 2.47. The van der Waals surface area contributed by atoms with Crippen molar-refractivity contribution in [3.8, 4) is 0 Å². The van der Waals surface area contributed by atoms with Crippen LogP contribution < -0.4 is 0 Å². The molecule has 7 heteroatoms. The van der Waals surface area contributed by atoms with Crippen LogP contribution in [-0.2, 0) is 0 Å². The normalized spacial score (nSPS) is 15.4. The molecule has 0 aliphatic heterocycles. The highest BCUT2D eigenvalue weighted by atomic mass is 80.0. The molecule has 0 heterocycles. The van der Waals surface area contributed by atoms with E-state index in [1.165, 1.54) is 0 Å². The van der Waals surface area contributed by atoms with Gasteiger partial charge in [-0.3, -0.25) is 0 Å². The largest absolute Gasteiger partial charge is 0.166 e. The van der Waals surface area contributed by atoms with E-state index in [1.807, 2.05) is 6.08 Å². The summed E-state index contributed by atoms with van der Waals surface area (Å²) in [5.41, 5.74) is 0. The standard InChI is InChI=1S/C4HBr7/c5-2(4(9,10)11)1-3(6,7)8/h1H. The van der Waals surface area contributed by atoms with Gasteiger partial charge < -0.3 is 0 Å². The molecule has 0 N–H and O–H groups in total. The summed E-state index contributed by atoms with van der Waals surface area (Å²) >= 11 is 23.4. The number of rotatable bonds is 0. The molecule has 0 aromatic heterocycles. The van der Waals surface area contributed by atoms with Gasteiger partial charge in [0.2, 0.25) is 0 Å². The second kappa shape index (κ2) is 5.26. The lowest BCUT2D eigenvalue weighted by molar-refractivity contribution is 1.51. The third-order valence-electron chi connectivity index (χ3n) is 0.561. The van der Waals surface area contributed by atoms with Crippen LogP contribution in [0.2, 0.25) is 0 Å². The van der Waals surface area contributed by atoms with Crippen molar-refractivity contribution in [3.63, 3.8) is 0 Å². The molecule has 0 aromatic rings. The van der Waals surface area contributed by atoms with Gasteiger partial charge in [0.25, 0.3) is 0 Å². The molecule has 0 atom stereocenters. The monoisotopic (exact) mass is 601 g/mol. The second-order valence-corrected chi connectivity index (χ2v) is 16.1. The van der Waals surface area contributed by atoms with E-state index in [4.69, 9.17) is 0 Å². The molecule has 0 bridgehead atoms. The smallest absolute Gasteiger partial charge is 0.0552 e. The fourth-order valence-electron chi connectivity index (χ4n) is 0.226. The first-order valence-electron chi connectivity index (χ1n) is 2.15. The van der Waals surface area contributed by atoms with E-state index in [9.17, 15) is 0 Å². The predicted octanol–water partition coefficient (Wildman–Crippen LogP) is 5.94. The van der Waals surface area contributed by atoms with E-state index in [1.54, 1.807) is 0 Å². The van der Waals surface area contributed by atoms with Crippen molar-refractivity contribution in [2.24, 2.45) is 0 Å². The zero-order valence-corrected chi connectivity index (χ0v) is 15.8. The van der Waals surface area contributed by atoms with Gasteiger partial charge in [-0.15, -0.1) is 0 Å². The molecule has 0 rings (SSSR count). The topological polar surface area (TPSA) is 0 Å². The summed E-state index contributed by atoms with van der Waals surface area (Å²) in [4.78, 5) is 0. The molecule has 0 unspecified atom stereocenters. The van der Waals surface area contributed by atoms with Crippen molar-refractivity contribution in [3.05, 3.63) is 10.6 Å². The first-order valence-corrected chi connectivity index (χ1v) is 7.70. The molecule has 0 saturated carbocycles. The van der Waals surface area contributed by atoms with Crippen molar-refractivity contribution in [1.29, 1.82) is 0 Å². The summed E-state index contributed by atoms with van der Waals surface area (Å²) < 4.78 is 0.107. The summed E-state index contributed by atoms with van der Waals surface area (Å²) in [5.74, 6) is 0. The van der Waals surface area contributed by atoms with Crippen LogP contribution in [0, 0.1) is 0 Å². The second-order valence-electron chi connectivity index (χ2n) is 1.53. The van der Waals surface area contributed by atoms with Crippen LogP contribution in [0.3, 0.4) is 0 Å². The van der Waals surface area contributed by atoms with E-state index >= 15 is 0 Å². The zero-order chi connectivity index (χ0) is 9.28. The number of halogens is 7. The van der Waals surface area contributed by atoms with Crippen LogP contribution >= 0.6 is 112 Å². The Morgan fingerprint density at radius 3 is 1.36 bits per heavy atom. The molecule has 0 aliphatic rings. The minimum atomic E-state index is -0.409. The van der Waals surface area contributed by atoms with Crippen molar-refractivity contribution in [2.45, 2.75) is 4.29 Å². The van der Waals surface area contributed by atoms with Gasteiger partial charge in [0.15, 0.2) is 4.29 Å². The molecule has 0 radical (unpaired) electrons. The Morgan fingerprint density at radius 1 is 0.909 bits per heavy atom. The third kappa shape index (κ3) is 8.12. The summed E-state index contributed by atoms with van der Waals surface area (Å²) in [6.45, 7) is 0. The van der Waals surface area contributed by atoms with E-state index < -0.39 is 2.14 Å². The summed E-state index contributed by atoms with van der Waals surface area (Å²) in [6, 6.07) is 0. The quantitative estimate of drug-likeness (QED) is 0.299. The molecule has 66 valence electrons. The molecular weight excluding hydrogens is 607 g/mol. The Morgan fingerprint density at radius 2 is 1.27 bits per heavy atom. The third-order valence-corrected chi connectivity index (χ3v) is 4.95. The van der Waals surface area contributed by atoms with Gasteiger partial charge in [-0.05, 0) is 6.08 Å². The molecule has 0 fully saturated rings. The average Bonchev–Trinajstić information content (AvgIpc) is 1.56. The number of hydrogen-bond acceptors (Lipinski definition) is 0. The highest BCUT2D eigenvalue weighted by Gasteiger charge is 2.25. The molecule has 0 amide bonds. The van der Waals surface area contributed by atoms with Crippen molar-refractivity contribution in [1.82, 2.24) is 0 Å². The van der Waals surface area contributed by atoms with Gasteiger partial charge in [-0.25, -0.2) is 0 Å². The first-order chi connectivity index (χ1) is 4.63. The predicted molar refractivity (Wildman–Crippen MR) is 76.0 cm³/mol. The Hall–Kier alpha value is 3.10. The van der Waals surface area contributed by atoms with E-state index in [-0.39, 0.29) is 2.14 Å². The van der Waals surface area contributed by atoms with Gasteiger partial charge in [-0.2, -0.15) is 0 Å². The zero-order valence-electron chi connectivity index (χ0n) is 4.72. The van der Waals surface area contributed by atoms with Crippen LogP contribution in [-0.4, -0.2) is 4.29 Å². The summed E-state index contributed by atoms with van der Waals surface area (Å²) in [5, 5.41) is 0. The number of allylic oxidation sites excluding steroid dienone is 2. The molecule has 11 heavy (non-hydrogen) atoms. The number of alkyl halides is 6. The Labute approximate surface area is 124 Å². The number of hydrogen-bond donors (Lipinski definition) is 0. The lowest BCUT2D eigenvalue weighted by Gasteiger charge is -2.14. The Bertz CT molecular complexity index is 158. The summed E-state index contributed by atoms with van der Waals surface area (Å²) in [6.07, 6.45) is 1.88. The summed E-state index contributed by atoms with van der Waals surface area (Å²) in [7, 11) is 0. The molecule has 0 spiro atoms. The molecular formula is C4HBr7. The van der Waals surface area contributed by atoms with Gasteiger partial charge >= 0.3 is 0 Å². The lowest BCUT2D eigenvalue weighted by atomic mass is 10.6. The van der Waals surface area contributed by atoms with Gasteiger partial charge in [-0.1, -0.05) is 112 Å². The van der Waals surface area contributed by atoms with Crippen LogP contribution in [0.15, 0.2) is 10.6 Å². The highest BCUT2D eigenvalue weighted by molar-refractivity contribution is 9.40. The molecule has 0 aliphatic carbocycles. The maximum Gasteiger partial charge on any atom is 0.166 e. The Balaban J connectivity index is 4.49. The van der Waals surface area contributed by atoms with Gasteiger partial charge in [0, 0.05) is 4.48 Å². The van der Waals surface area contributed by atoms with E-state index in [0.717, 1.165) is 4.48 Å². The maximum absolute atomic E-state index is 3.36. The maximum atomic E-state index is 3.36. The minimum absolute atomic E-state index is 0.383. The van der Waals surface area contributed by atoms with Crippen LogP contribution in [0.1, 0.15) is 0 Å². The van der Waals surface area contributed by atoms with Crippen LogP contribution in [0.25, 0.3) is 0 Å². The average molecular weight is 608 g/mol. The van der Waals surface area contributed by atoms with Gasteiger partial charge in [0.1, 0.15) is 0 Å². The fourth-order valence-corrected chi connectivity index (χ4v) is 2.52. The fraction of sp³-hybridized carbons (Fsp3) is 0.500. The van der Waals surface area contributed by atoms with Crippen molar-refractivity contribution < 1.29 is 0 Å².